The molecule has 0 unspecified atom stereocenters. The second-order valence-electron chi connectivity index (χ2n) is 3.78. The van der Waals surface area contributed by atoms with Gasteiger partial charge in [0.05, 0.1) is 17.3 Å². The summed E-state index contributed by atoms with van der Waals surface area (Å²) in [4.78, 5) is 9.93. The van der Waals surface area contributed by atoms with E-state index in [0.29, 0.717) is 11.3 Å². The Bertz CT molecular complexity index is 698. The normalized spacial score (nSPS) is 12.7. The van der Waals surface area contributed by atoms with Crippen LogP contribution in [-0.4, -0.2) is 35.2 Å². The highest BCUT2D eigenvalue weighted by molar-refractivity contribution is 8.14. The molecular formula is C9H11ClO6S3. The number of rotatable bonds is 4. The van der Waals surface area contributed by atoms with Crippen LogP contribution in [0.1, 0.15) is 23.5 Å². The Morgan fingerprint density at radius 3 is 2.21 bits per heavy atom. The third kappa shape index (κ3) is 3.10. The largest absolute Gasteiger partial charge is 0.465 e. The van der Waals surface area contributed by atoms with Crippen LogP contribution in [0.4, 0.5) is 0 Å². The maximum absolute atomic E-state index is 12.1. The van der Waals surface area contributed by atoms with Crippen molar-refractivity contribution in [2.45, 2.75) is 28.9 Å². The summed E-state index contributed by atoms with van der Waals surface area (Å²) in [6.07, 6.45) is 0. The zero-order valence-electron chi connectivity index (χ0n) is 10.2. The van der Waals surface area contributed by atoms with Crippen molar-refractivity contribution in [2.75, 3.05) is 7.11 Å². The van der Waals surface area contributed by atoms with E-state index < -0.39 is 39.9 Å². The Hall–Kier alpha value is -0.640. The first kappa shape index (κ1) is 16.4. The predicted octanol–water partition coefficient (Wildman–Crippen LogP) is 1.64. The fourth-order valence-electron chi connectivity index (χ4n) is 1.25. The third-order valence-corrected chi connectivity index (χ3v) is 7.17. The summed E-state index contributed by atoms with van der Waals surface area (Å²) >= 11 is 0.663. The van der Waals surface area contributed by atoms with Gasteiger partial charge in [-0.05, 0) is 13.8 Å². The van der Waals surface area contributed by atoms with E-state index in [1.165, 1.54) is 13.8 Å². The Morgan fingerprint density at radius 1 is 1.32 bits per heavy atom. The molecule has 1 aromatic rings. The fourth-order valence-corrected chi connectivity index (χ4v) is 6.18. The number of carbonyl (C=O) groups excluding carboxylic acids is 1. The van der Waals surface area contributed by atoms with Crippen molar-refractivity contribution in [1.82, 2.24) is 0 Å². The third-order valence-electron chi connectivity index (χ3n) is 2.26. The minimum Gasteiger partial charge on any atom is -0.465 e. The number of esters is 1. The van der Waals surface area contributed by atoms with Gasteiger partial charge in [0.1, 0.15) is 9.77 Å². The van der Waals surface area contributed by atoms with E-state index in [4.69, 9.17) is 10.7 Å². The Morgan fingerprint density at radius 2 is 1.84 bits per heavy atom. The highest BCUT2D eigenvalue weighted by atomic mass is 35.7. The molecule has 1 aromatic heterocycles. The lowest BCUT2D eigenvalue weighted by molar-refractivity contribution is 0.0602. The average Bonchev–Trinajstić information content (AvgIpc) is 2.72. The summed E-state index contributed by atoms with van der Waals surface area (Å²) in [7, 11) is -1.98. The molecule has 19 heavy (non-hydrogen) atoms. The maximum Gasteiger partial charge on any atom is 0.349 e. The first-order chi connectivity index (χ1) is 8.53. The monoisotopic (exact) mass is 346 g/mol. The highest BCUT2D eigenvalue weighted by Crippen LogP contribution is 2.35. The Balaban J connectivity index is 3.72. The van der Waals surface area contributed by atoms with Gasteiger partial charge >= 0.3 is 5.97 Å². The smallest absolute Gasteiger partial charge is 0.349 e. The second kappa shape index (κ2) is 5.39. The molecule has 0 aliphatic carbocycles. The van der Waals surface area contributed by atoms with Gasteiger partial charge in [-0.15, -0.1) is 11.3 Å². The van der Waals surface area contributed by atoms with E-state index in [0.717, 1.165) is 12.5 Å². The summed E-state index contributed by atoms with van der Waals surface area (Å²) in [5.74, 6) is -0.950. The molecule has 0 aliphatic rings. The first-order valence-electron chi connectivity index (χ1n) is 4.91. The quantitative estimate of drug-likeness (QED) is 0.607. The Kier molecular flexibility index (Phi) is 4.66. The van der Waals surface area contributed by atoms with Crippen molar-refractivity contribution in [3.05, 3.63) is 10.3 Å². The lowest BCUT2D eigenvalue weighted by Gasteiger charge is -2.08. The first-order valence-corrected chi connectivity index (χ1v) is 9.65. The minimum atomic E-state index is -4.39. The van der Waals surface area contributed by atoms with E-state index in [1.807, 2.05) is 0 Å². The number of sulfone groups is 1. The highest BCUT2D eigenvalue weighted by Gasteiger charge is 2.34. The molecule has 1 rings (SSSR count). The van der Waals surface area contributed by atoms with Gasteiger partial charge in [-0.25, -0.2) is 21.6 Å². The van der Waals surface area contributed by atoms with Gasteiger partial charge in [-0.2, -0.15) is 0 Å². The zero-order valence-corrected chi connectivity index (χ0v) is 13.4. The van der Waals surface area contributed by atoms with Gasteiger partial charge < -0.3 is 4.74 Å². The maximum atomic E-state index is 12.1. The molecule has 0 spiro atoms. The molecule has 0 saturated heterocycles. The van der Waals surface area contributed by atoms with E-state index in [1.54, 1.807) is 0 Å². The van der Waals surface area contributed by atoms with Crippen LogP contribution in [0.15, 0.2) is 15.2 Å². The lowest BCUT2D eigenvalue weighted by atomic mass is 10.5. The average molecular weight is 347 g/mol. The molecule has 10 heteroatoms. The van der Waals surface area contributed by atoms with E-state index in [2.05, 4.69) is 4.74 Å². The Labute approximate surface area is 119 Å². The van der Waals surface area contributed by atoms with Crippen molar-refractivity contribution in [3.8, 4) is 0 Å². The van der Waals surface area contributed by atoms with Crippen LogP contribution in [-0.2, 0) is 23.6 Å². The van der Waals surface area contributed by atoms with Crippen molar-refractivity contribution in [2.24, 2.45) is 0 Å². The van der Waals surface area contributed by atoms with Gasteiger partial charge in [0.25, 0.3) is 9.05 Å². The van der Waals surface area contributed by atoms with E-state index >= 15 is 0 Å². The molecule has 0 amide bonds. The molecule has 0 aromatic carbocycles. The van der Waals surface area contributed by atoms with Crippen molar-refractivity contribution >= 4 is 46.9 Å². The van der Waals surface area contributed by atoms with Crippen molar-refractivity contribution < 1.29 is 26.4 Å². The molecule has 0 saturated carbocycles. The molecule has 0 bridgehead atoms. The minimum absolute atomic E-state index is 0.350. The standard InChI is InChI=1S/C9H11ClO6S3/c1-5(2)18(12,13)6-4-17-7(9(11)16-3)8(6)19(10,14)15/h4-5H,1-3H3. The van der Waals surface area contributed by atoms with Gasteiger partial charge in [-0.3, -0.25) is 0 Å². The van der Waals surface area contributed by atoms with E-state index in [-0.39, 0.29) is 4.88 Å². The van der Waals surface area contributed by atoms with Crippen molar-refractivity contribution in [1.29, 1.82) is 0 Å². The molecule has 108 valence electrons. The second-order valence-corrected chi connectivity index (χ2v) is 9.64. The van der Waals surface area contributed by atoms with Gasteiger partial charge in [0, 0.05) is 16.1 Å². The van der Waals surface area contributed by atoms with Gasteiger partial charge in [-0.1, -0.05) is 0 Å². The van der Waals surface area contributed by atoms with Crippen LogP contribution >= 0.6 is 22.0 Å². The zero-order chi connectivity index (χ0) is 15.0. The SMILES string of the molecule is COC(=O)c1scc(S(=O)(=O)C(C)C)c1S(=O)(=O)Cl. The number of hydrogen-bond donors (Lipinski definition) is 0. The van der Waals surface area contributed by atoms with Gasteiger partial charge in [0.2, 0.25) is 0 Å². The van der Waals surface area contributed by atoms with Crippen LogP contribution in [0.25, 0.3) is 0 Å². The summed E-state index contributed by atoms with van der Waals surface area (Å²) in [6.45, 7) is 2.80. The molecule has 1 heterocycles. The molecule has 0 atom stereocenters. The summed E-state index contributed by atoms with van der Waals surface area (Å²) in [5.41, 5.74) is 0. The fraction of sp³-hybridized carbons (Fsp3) is 0.444. The molecule has 0 radical (unpaired) electrons. The number of halogens is 1. The lowest BCUT2D eigenvalue weighted by Crippen LogP contribution is -2.16. The van der Waals surface area contributed by atoms with Crippen molar-refractivity contribution in [3.63, 3.8) is 0 Å². The molecule has 0 aliphatic heterocycles. The summed E-state index contributed by atoms with van der Waals surface area (Å²) in [6, 6.07) is 0. The van der Waals surface area contributed by atoms with Crippen LogP contribution in [0.5, 0.6) is 0 Å². The van der Waals surface area contributed by atoms with E-state index in [9.17, 15) is 21.6 Å². The predicted molar refractivity (Wildman–Crippen MR) is 71.0 cm³/mol. The van der Waals surface area contributed by atoms with Crippen LogP contribution in [0.2, 0.25) is 0 Å². The number of carbonyl (C=O) groups is 1. The van der Waals surface area contributed by atoms with Gasteiger partial charge in [0.15, 0.2) is 9.84 Å². The molecule has 6 nitrogen and oxygen atoms in total. The van der Waals surface area contributed by atoms with Crippen LogP contribution in [0.3, 0.4) is 0 Å². The molecule has 0 fully saturated rings. The number of hydrogen-bond acceptors (Lipinski definition) is 7. The topological polar surface area (TPSA) is 94.6 Å². The molecule has 0 N–H and O–H groups in total. The van der Waals surface area contributed by atoms with Crippen LogP contribution < -0.4 is 0 Å². The number of thiophene rings is 1. The summed E-state index contributed by atoms with van der Waals surface area (Å²) < 4.78 is 51.6. The number of ether oxygens (including phenoxy) is 1. The van der Waals surface area contributed by atoms with Crippen LogP contribution in [0, 0.1) is 0 Å². The summed E-state index contributed by atoms with van der Waals surface area (Å²) in [5, 5.41) is 0.237. The number of methoxy groups -OCH3 is 1. The molecular weight excluding hydrogens is 336 g/mol.